The predicted octanol–water partition coefficient (Wildman–Crippen LogP) is 1.17. The normalized spacial score (nSPS) is 18.6. The molecule has 22 heavy (non-hydrogen) atoms. The van der Waals surface area contributed by atoms with Gasteiger partial charge in [0.05, 0.1) is 24.1 Å². The Bertz CT molecular complexity index is 724. The van der Waals surface area contributed by atoms with Gasteiger partial charge in [-0.3, -0.25) is 4.79 Å². The van der Waals surface area contributed by atoms with Crippen molar-refractivity contribution in [3.05, 3.63) is 23.0 Å². The minimum atomic E-state index is -4.70. The summed E-state index contributed by atoms with van der Waals surface area (Å²) in [5.41, 5.74) is 0.0689. The Kier molecular flexibility index (Phi) is 4.66. The van der Waals surface area contributed by atoms with E-state index in [9.17, 15) is 21.9 Å². The molecule has 1 fully saturated rings. The first kappa shape index (κ1) is 16.6. The van der Waals surface area contributed by atoms with E-state index in [1.807, 2.05) is 0 Å². The van der Waals surface area contributed by atoms with Crippen molar-refractivity contribution < 1.29 is 26.6 Å². The number of hydrogen-bond acceptors (Lipinski definition) is 6. The first-order valence-corrected chi connectivity index (χ1v) is 8.11. The van der Waals surface area contributed by atoms with Crippen LogP contribution in [0, 0.1) is 5.92 Å². The Hall–Kier alpha value is -1.74. The first-order valence-electron chi connectivity index (χ1n) is 6.18. The van der Waals surface area contributed by atoms with Gasteiger partial charge in [-0.15, -0.1) is 3.89 Å². The fourth-order valence-electron chi connectivity index (χ4n) is 2.35. The number of amides is 1. The van der Waals surface area contributed by atoms with E-state index >= 15 is 0 Å². The Balaban J connectivity index is 2.36. The average Bonchev–Trinajstić information content (AvgIpc) is 2.75. The van der Waals surface area contributed by atoms with E-state index in [0.717, 1.165) is 4.90 Å². The van der Waals surface area contributed by atoms with Crippen LogP contribution in [0.2, 0.25) is 5.15 Å². The molecular weight excluding hydrogens is 339 g/mol. The predicted molar refractivity (Wildman–Crippen MR) is 75.9 cm³/mol. The van der Waals surface area contributed by atoms with Crippen LogP contribution in [0.5, 0.6) is 0 Å². The summed E-state index contributed by atoms with van der Waals surface area (Å²) >= 11 is 5.95. The molecule has 1 amide bonds. The van der Waals surface area contributed by atoms with Crippen LogP contribution in [-0.4, -0.2) is 44.7 Å². The lowest BCUT2D eigenvalue weighted by atomic mass is 10.1. The largest absolute Gasteiger partial charge is 0.465 e. The summed E-state index contributed by atoms with van der Waals surface area (Å²) in [5, 5.41) is -0.0972. The Morgan fingerprint density at radius 3 is 2.86 bits per heavy atom. The molecule has 0 N–H and O–H groups in total. The van der Waals surface area contributed by atoms with Gasteiger partial charge in [-0.2, -0.15) is 8.42 Å². The smallest absolute Gasteiger partial charge is 0.340 e. The van der Waals surface area contributed by atoms with Crippen molar-refractivity contribution in [3.63, 3.8) is 0 Å². The number of pyridine rings is 1. The van der Waals surface area contributed by atoms with Crippen molar-refractivity contribution in [2.45, 2.75) is 6.42 Å². The molecule has 2 heterocycles. The summed E-state index contributed by atoms with van der Waals surface area (Å²) in [6.45, 7) is -0.0720. The molecule has 1 unspecified atom stereocenters. The number of halogens is 2. The van der Waals surface area contributed by atoms with E-state index in [0.29, 0.717) is 0 Å². The molecular formula is C12H12ClFN2O5S. The van der Waals surface area contributed by atoms with Crippen LogP contribution in [-0.2, 0) is 19.8 Å². The van der Waals surface area contributed by atoms with E-state index < -0.39 is 33.8 Å². The number of ether oxygens (including phenoxy) is 1. The molecule has 1 atom stereocenters. The zero-order valence-electron chi connectivity index (χ0n) is 11.5. The molecule has 10 heteroatoms. The SMILES string of the molecule is COC(=O)c1ccnc(Cl)c1N1CC(CS(=O)(=O)F)CC1=O. The van der Waals surface area contributed by atoms with E-state index in [1.54, 1.807) is 0 Å². The van der Waals surface area contributed by atoms with Gasteiger partial charge in [0.2, 0.25) is 5.91 Å². The molecule has 0 aliphatic carbocycles. The van der Waals surface area contributed by atoms with Gasteiger partial charge < -0.3 is 9.64 Å². The van der Waals surface area contributed by atoms with Crippen LogP contribution in [0.25, 0.3) is 0 Å². The van der Waals surface area contributed by atoms with Crippen LogP contribution in [0.4, 0.5) is 9.57 Å². The van der Waals surface area contributed by atoms with Crippen molar-refractivity contribution >= 4 is 39.4 Å². The Morgan fingerprint density at radius 1 is 1.59 bits per heavy atom. The summed E-state index contributed by atoms with van der Waals surface area (Å²) in [4.78, 5) is 28.8. The maximum Gasteiger partial charge on any atom is 0.340 e. The maximum atomic E-state index is 12.8. The quantitative estimate of drug-likeness (QED) is 0.460. The molecule has 1 aromatic rings. The standard InChI is InChI=1S/C12H12ClFN2O5S/c1-21-12(18)8-2-3-15-11(13)10(8)16-5-7(4-9(16)17)6-22(14,19)20/h2-3,7H,4-6H2,1H3. The topological polar surface area (TPSA) is 93.6 Å². The van der Waals surface area contributed by atoms with Gasteiger partial charge >= 0.3 is 16.2 Å². The summed E-state index contributed by atoms with van der Waals surface area (Å²) in [6.07, 6.45) is 1.12. The second kappa shape index (κ2) is 6.17. The molecule has 1 aromatic heterocycles. The number of rotatable bonds is 4. The summed E-state index contributed by atoms with van der Waals surface area (Å²) in [6, 6.07) is 1.33. The van der Waals surface area contributed by atoms with Crippen LogP contribution in [0.15, 0.2) is 12.3 Å². The van der Waals surface area contributed by atoms with Gasteiger partial charge in [0.15, 0.2) is 5.15 Å². The summed E-state index contributed by atoms with van der Waals surface area (Å²) in [7, 11) is -3.53. The fraction of sp³-hybridized carbons (Fsp3) is 0.417. The summed E-state index contributed by atoms with van der Waals surface area (Å²) < 4.78 is 38.8. The summed E-state index contributed by atoms with van der Waals surface area (Å²) in [5.74, 6) is -2.66. The molecule has 0 aromatic carbocycles. The zero-order chi connectivity index (χ0) is 16.5. The molecule has 1 saturated heterocycles. The van der Waals surface area contributed by atoms with Gasteiger partial charge in [0.25, 0.3) is 0 Å². The molecule has 1 aliphatic rings. The van der Waals surface area contributed by atoms with Gasteiger partial charge in [-0.25, -0.2) is 9.78 Å². The molecule has 120 valence electrons. The lowest BCUT2D eigenvalue weighted by molar-refractivity contribution is -0.117. The highest BCUT2D eigenvalue weighted by Gasteiger charge is 2.36. The third-order valence-corrected chi connectivity index (χ3v) is 4.34. The third kappa shape index (κ3) is 3.53. The maximum absolute atomic E-state index is 12.8. The number of carbonyl (C=O) groups excluding carboxylic acids is 2. The number of carbonyl (C=O) groups is 2. The first-order chi connectivity index (χ1) is 10.2. The van der Waals surface area contributed by atoms with Crippen molar-refractivity contribution in [3.8, 4) is 0 Å². The van der Waals surface area contributed by atoms with Crippen LogP contribution >= 0.6 is 11.6 Å². The van der Waals surface area contributed by atoms with Gasteiger partial charge in [-0.05, 0) is 6.07 Å². The van der Waals surface area contributed by atoms with Gasteiger partial charge in [-0.1, -0.05) is 11.6 Å². The molecule has 0 spiro atoms. The average molecular weight is 351 g/mol. The van der Waals surface area contributed by atoms with Crippen molar-refractivity contribution in [1.29, 1.82) is 0 Å². The third-order valence-electron chi connectivity index (χ3n) is 3.19. The fourth-order valence-corrected chi connectivity index (χ4v) is 3.40. The van der Waals surface area contributed by atoms with E-state index in [4.69, 9.17) is 11.6 Å². The number of hydrogen-bond donors (Lipinski definition) is 0. The minimum Gasteiger partial charge on any atom is -0.465 e. The number of esters is 1. The van der Waals surface area contributed by atoms with Crippen molar-refractivity contribution in [2.75, 3.05) is 24.3 Å². The number of aromatic nitrogens is 1. The van der Waals surface area contributed by atoms with E-state index in [1.165, 1.54) is 19.4 Å². The molecule has 0 saturated carbocycles. The number of anilines is 1. The van der Waals surface area contributed by atoms with Crippen molar-refractivity contribution in [2.24, 2.45) is 5.92 Å². The molecule has 0 radical (unpaired) electrons. The second-order valence-electron chi connectivity index (χ2n) is 4.77. The second-order valence-corrected chi connectivity index (χ2v) is 6.54. The van der Waals surface area contributed by atoms with Crippen LogP contribution < -0.4 is 4.90 Å². The molecule has 1 aliphatic heterocycles. The van der Waals surface area contributed by atoms with Crippen molar-refractivity contribution in [1.82, 2.24) is 4.98 Å². The lowest BCUT2D eigenvalue weighted by Gasteiger charge is -2.20. The monoisotopic (exact) mass is 350 g/mol. The molecule has 7 nitrogen and oxygen atoms in total. The highest BCUT2D eigenvalue weighted by Crippen LogP contribution is 2.34. The van der Waals surface area contributed by atoms with E-state index in [-0.39, 0.29) is 29.4 Å². The number of nitrogens with zero attached hydrogens (tertiary/aromatic N) is 2. The number of methoxy groups -OCH3 is 1. The molecule has 2 rings (SSSR count). The van der Waals surface area contributed by atoms with E-state index in [2.05, 4.69) is 9.72 Å². The highest BCUT2D eigenvalue weighted by atomic mass is 35.5. The van der Waals surface area contributed by atoms with Gasteiger partial charge in [0.1, 0.15) is 0 Å². The highest BCUT2D eigenvalue weighted by molar-refractivity contribution is 7.86. The zero-order valence-corrected chi connectivity index (χ0v) is 13.0. The van der Waals surface area contributed by atoms with Crippen LogP contribution in [0.3, 0.4) is 0 Å². The Morgan fingerprint density at radius 2 is 2.27 bits per heavy atom. The Labute approximate surface area is 131 Å². The van der Waals surface area contributed by atoms with Crippen LogP contribution in [0.1, 0.15) is 16.8 Å². The van der Waals surface area contributed by atoms with Gasteiger partial charge in [0, 0.05) is 25.1 Å². The minimum absolute atomic E-state index is 0.0274. The molecule has 0 bridgehead atoms. The lowest BCUT2D eigenvalue weighted by Crippen LogP contribution is -2.28.